The van der Waals surface area contributed by atoms with E-state index in [9.17, 15) is 9.59 Å². The number of aromatic nitrogens is 2. The molecular formula is C29H24FN5O3S. The molecule has 0 bridgehead atoms. The van der Waals surface area contributed by atoms with Crippen LogP contribution in [0.25, 0.3) is 21.6 Å². The molecule has 0 saturated heterocycles. The highest BCUT2D eigenvalue weighted by molar-refractivity contribution is 7.13. The number of amides is 2. The molecule has 5 aromatic rings. The minimum atomic E-state index is -0.687. The summed E-state index contributed by atoms with van der Waals surface area (Å²) in [6.07, 6.45) is 1.58. The van der Waals surface area contributed by atoms with Crippen LogP contribution in [0.15, 0.2) is 95.6 Å². The molecule has 4 N–H and O–H groups in total. The maximum Gasteiger partial charge on any atom is 0.263 e. The zero-order valence-electron chi connectivity index (χ0n) is 21.0. The lowest BCUT2D eigenvalue weighted by Crippen LogP contribution is -2.29. The lowest BCUT2D eigenvalue weighted by molar-refractivity contribution is -0.118. The van der Waals surface area contributed by atoms with Gasteiger partial charge in [-0.3, -0.25) is 9.59 Å². The monoisotopic (exact) mass is 541 g/mol. The molecule has 0 saturated carbocycles. The molecule has 0 aliphatic heterocycles. The van der Waals surface area contributed by atoms with E-state index in [1.165, 1.54) is 12.1 Å². The van der Waals surface area contributed by atoms with Crippen LogP contribution in [0.3, 0.4) is 0 Å². The Morgan fingerprint density at radius 2 is 1.69 bits per heavy atom. The molecule has 2 aromatic carbocycles. The highest BCUT2D eigenvalue weighted by Crippen LogP contribution is 2.35. The molecule has 8 nitrogen and oxygen atoms in total. The molecule has 0 atom stereocenters. The van der Waals surface area contributed by atoms with E-state index in [2.05, 4.69) is 25.9 Å². The number of ether oxygens (including phenoxy) is 1. The number of benzene rings is 2. The number of carbonyl (C=O) groups is 2. The summed E-state index contributed by atoms with van der Waals surface area (Å²) in [6.45, 7) is 1.61. The van der Waals surface area contributed by atoms with Gasteiger partial charge in [0, 0.05) is 36.4 Å². The zero-order valence-corrected chi connectivity index (χ0v) is 21.9. The van der Waals surface area contributed by atoms with Crippen LogP contribution >= 0.6 is 11.3 Å². The molecule has 0 aliphatic rings. The van der Waals surface area contributed by atoms with E-state index in [4.69, 9.17) is 4.74 Å². The SMILES string of the molecule is CN/C(C)=C(\C(=O)Nc1ccccc1)C(=O)Nc1ccc(Oc2ccnc3[nH]c(-c4cccs4)cc23)c(F)c1. The van der Waals surface area contributed by atoms with Gasteiger partial charge in [-0.15, -0.1) is 11.3 Å². The number of H-pyrrole nitrogens is 1. The van der Waals surface area contributed by atoms with Crippen LogP contribution in [0.1, 0.15) is 6.92 Å². The molecule has 0 spiro atoms. The van der Waals surface area contributed by atoms with Gasteiger partial charge in [0.15, 0.2) is 11.6 Å². The molecule has 39 heavy (non-hydrogen) atoms. The van der Waals surface area contributed by atoms with Gasteiger partial charge >= 0.3 is 0 Å². The number of nitrogens with one attached hydrogen (secondary N) is 4. The van der Waals surface area contributed by atoms with E-state index in [1.807, 2.05) is 29.6 Å². The first-order valence-electron chi connectivity index (χ1n) is 12.0. The molecule has 0 radical (unpaired) electrons. The van der Waals surface area contributed by atoms with E-state index in [-0.39, 0.29) is 17.0 Å². The summed E-state index contributed by atoms with van der Waals surface area (Å²) in [7, 11) is 1.61. The Bertz CT molecular complexity index is 1680. The van der Waals surface area contributed by atoms with Crippen LogP contribution in [0.5, 0.6) is 11.5 Å². The molecule has 5 rings (SSSR count). The number of fused-ring (bicyclic) bond motifs is 1. The maximum absolute atomic E-state index is 15.1. The number of nitrogens with zero attached hydrogens (tertiary/aromatic N) is 1. The predicted octanol–water partition coefficient (Wildman–Crippen LogP) is 6.29. The Balaban J connectivity index is 1.34. The van der Waals surface area contributed by atoms with Gasteiger partial charge in [0.25, 0.3) is 11.8 Å². The van der Waals surface area contributed by atoms with Gasteiger partial charge in [0.05, 0.1) is 16.0 Å². The quantitative estimate of drug-likeness (QED) is 0.105. The van der Waals surface area contributed by atoms with E-state index in [0.29, 0.717) is 28.2 Å². The number of carbonyl (C=O) groups excluding carboxylic acids is 2. The van der Waals surface area contributed by atoms with Crippen molar-refractivity contribution < 1.29 is 18.7 Å². The molecular weight excluding hydrogens is 517 g/mol. The van der Waals surface area contributed by atoms with Crippen molar-refractivity contribution >= 4 is 45.6 Å². The van der Waals surface area contributed by atoms with Gasteiger partial charge in [-0.25, -0.2) is 9.37 Å². The summed E-state index contributed by atoms with van der Waals surface area (Å²) in [5, 5.41) is 10.8. The number of aromatic amines is 1. The van der Waals surface area contributed by atoms with Crippen molar-refractivity contribution in [3.63, 3.8) is 0 Å². The first-order chi connectivity index (χ1) is 18.9. The average molecular weight is 542 g/mol. The van der Waals surface area contributed by atoms with Crippen LogP contribution < -0.4 is 20.7 Å². The molecule has 0 aliphatic carbocycles. The predicted molar refractivity (Wildman–Crippen MR) is 151 cm³/mol. The van der Waals surface area contributed by atoms with Crippen LogP contribution in [0.4, 0.5) is 15.8 Å². The Hall–Kier alpha value is -4.96. The zero-order chi connectivity index (χ0) is 27.4. The summed E-state index contributed by atoms with van der Waals surface area (Å²) in [5.41, 5.74) is 2.44. The average Bonchev–Trinajstić information content (AvgIpc) is 3.61. The van der Waals surface area contributed by atoms with Crippen LogP contribution in [0.2, 0.25) is 0 Å². The maximum atomic E-state index is 15.1. The topological polar surface area (TPSA) is 108 Å². The number of rotatable bonds is 8. The highest BCUT2D eigenvalue weighted by atomic mass is 32.1. The van der Waals surface area contributed by atoms with Gasteiger partial charge in [0.2, 0.25) is 0 Å². The molecule has 2 amide bonds. The summed E-state index contributed by atoms with van der Waals surface area (Å²) >= 11 is 1.59. The van der Waals surface area contributed by atoms with Crippen molar-refractivity contribution in [2.45, 2.75) is 6.92 Å². The number of pyridine rings is 1. The number of allylic oxidation sites excluding steroid dienone is 1. The van der Waals surface area contributed by atoms with E-state index in [1.54, 1.807) is 61.8 Å². The second kappa shape index (κ2) is 11.2. The molecule has 196 valence electrons. The summed E-state index contributed by atoms with van der Waals surface area (Å²) in [5.74, 6) is -1.56. The smallest absolute Gasteiger partial charge is 0.263 e. The summed E-state index contributed by atoms with van der Waals surface area (Å²) in [4.78, 5) is 34.6. The standard InChI is InChI=1S/C29H24FN5O3S/c1-17(31-2)26(28(36)33-18-7-4-3-5-8-18)29(37)34-19-10-11-24(21(30)15-19)38-23-12-13-32-27-20(23)16-22(35-27)25-9-6-14-39-25/h3-16,31H,1-2H3,(H,32,35)(H,33,36)(H,34,37)/b26-17+. The first kappa shape index (κ1) is 25.7. The van der Waals surface area contributed by atoms with Crippen molar-refractivity contribution in [3.05, 3.63) is 101 Å². The number of para-hydroxylation sites is 1. The summed E-state index contributed by atoms with van der Waals surface area (Å²) in [6, 6.07) is 20.4. The van der Waals surface area contributed by atoms with Crippen molar-refractivity contribution in [2.75, 3.05) is 17.7 Å². The van der Waals surface area contributed by atoms with E-state index < -0.39 is 17.6 Å². The number of hydrogen-bond acceptors (Lipinski definition) is 6. The summed E-state index contributed by atoms with van der Waals surface area (Å²) < 4.78 is 21.0. The first-order valence-corrected chi connectivity index (χ1v) is 12.9. The highest BCUT2D eigenvalue weighted by Gasteiger charge is 2.22. The van der Waals surface area contributed by atoms with Gasteiger partial charge in [-0.1, -0.05) is 24.3 Å². The second-order valence-corrected chi connectivity index (χ2v) is 9.45. The van der Waals surface area contributed by atoms with Crippen molar-refractivity contribution in [3.8, 4) is 22.1 Å². The van der Waals surface area contributed by atoms with Crippen LogP contribution in [-0.2, 0) is 9.59 Å². The molecule has 3 aromatic heterocycles. The third-order valence-corrected chi connectivity index (χ3v) is 6.83. The van der Waals surface area contributed by atoms with Crippen molar-refractivity contribution in [1.82, 2.24) is 15.3 Å². The van der Waals surface area contributed by atoms with Gasteiger partial charge < -0.3 is 25.7 Å². The van der Waals surface area contributed by atoms with E-state index in [0.717, 1.165) is 16.6 Å². The van der Waals surface area contributed by atoms with Crippen LogP contribution in [-0.4, -0.2) is 28.8 Å². The minimum Gasteiger partial charge on any atom is -0.453 e. The number of halogens is 1. The molecule has 10 heteroatoms. The number of hydrogen-bond donors (Lipinski definition) is 4. The van der Waals surface area contributed by atoms with Crippen molar-refractivity contribution in [1.29, 1.82) is 0 Å². The number of anilines is 2. The fourth-order valence-corrected chi connectivity index (χ4v) is 4.61. The van der Waals surface area contributed by atoms with E-state index >= 15 is 4.39 Å². The number of thiophene rings is 1. The third-order valence-electron chi connectivity index (χ3n) is 5.92. The van der Waals surface area contributed by atoms with Gasteiger partial charge in [-0.05, 0) is 54.8 Å². The lowest BCUT2D eigenvalue weighted by Gasteiger charge is -2.14. The largest absolute Gasteiger partial charge is 0.453 e. The minimum absolute atomic E-state index is 0.0247. The molecule has 0 fully saturated rings. The fraction of sp³-hybridized carbons (Fsp3) is 0.0690. The normalized spacial score (nSPS) is 11.6. The van der Waals surface area contributed by atoms with Gasteiger partial charge in [-0.2, -0.15) is 0 Å². The third kappa shape index (κ3) is 5.65. The van der Waals surface area contributed by atoms with Crippen molar-refractivity contribution in [2.24, 2.45) is 0 Å². The fourth-order valence-electron chi connectivity index (χ4n) is 3.91. The second-order valence-electron chi connectivity index (χ2n) is 8.50. The Labute approximate surface area is 227 Å². The van der Waals surface area contributed by atoms with Crippen LogP contribution in [0, 0.1) is 5.82 Å². The Kier molecular flexibility index (Phi) is 7.37. The lowest BCUT2D eigenvalue weighted by atomic mass is 10.1. The Morgan fingerprint density at radius 3 is 2.38 bits per heavy atom. The molecule has 0 unspecified atom stereocenters. The Morgan fingerprint density at radius 1 is 0.923 bits per heavy atom. The molecule has 3 heterocycles. The van der Waals surface area contributed by atoms with Gasteiger partial charge in [0.1, 0.15) is 17.0 Å².